The van der Waals surface area contributed by atoms with Crippen LogP contribution in [0, 0.1) is 0 Å². The van der Waals surface area contributed by atoms with Crippen molar-refractivity contribution < 1.29 is 35.9 Å². The highest BCUT2D eigenvalue weighted by Gasteiger charge is 2.29. The van der Waals surface area contributed by atoms with Crippen molar-refractivity contribution in [3.63, 3.8) is 0 Å². The maximum atomic E-state index is 12.4. The van der Waals surface area contributed by atoms with Gasteiger partial charge in [0.05, 0.1) is 24.0 Å². The summed E-state index contributed by atoms with van der Waals surface area (Å²) in [6.45, 7) is 2.92. The van der Waals surface area contributed by atoms with E-state index >= 15 is 0 Å². The molecule has 2 amide bonds. The molecule has 0 atom stereocenters. The molecule has 8 nitrogen and oxygen atoms in total. The number of benzene rings is 1. The third-order valence-corrected chi connectivity index (χ3v) is 7.86. The fourth-order valence-corrected chi connectivity index (χ4v) is 5.64. The molecule has 4 heterocycles. The van der Waals surface area contributed by atoms with Gasteiger partial charge in [-0.25, -0.2) is 0 Å². The molecule has 0 saturated heterocycles. The van der Waals surface area contributed by atoms with E-state index in [4.69, 9.17) is 0 Å². The smallest absolute Gasteiger partial charge is 0.353 e. The molecule has 0 unspecified atom stereocenters. The predicted octanol–water partition coefficient (Wildman–Crippen LogP) is 5.25. The Balaban J connectivity index is 0.000000257. The van der Waals surface area contributed by atoms with Crippen LogP contribution >= 0.6 is 0 Å². The molecule has 0 bridgehead atoms. The summed E-state index contributed by atoms with van der Waals surface area (Å²) >= 11 is 0. The molecule has 5 rings (SSSR count). The van der Waals surface area contributed by atoms with Gasteiger partial charge < -0.3 is 25.1 Å². The van der Waals surface area contributed by atoms with Gasteiger partial charge in [0, 0.05) is 96.5 Å². The lowest BCUT2D eigenvalue weighted by Gasteiger charge is -2.28. The van der Waals surface area contributed by atoms with E-state index in [9.17, 15) is 35.9 Å². The third-order valence-electron chi connectivity index (χ3n) is 7.86. The summed E-state index contributed by atoms with van der Waals surface area (Å²) in [7, 11) is 3.72. The molecule has 2 aliphatic rings. The average Bonchev–Trinajstić information content (AvgIpc) is 3.49. The van der Waals surface area contributed by atoms with Crippen LogP contribution in [0.3, 0.4) is 0 Å². The molecule has 254 valence electrons. The maximum Gasteiger partial charge on any atom is 0.390 e. The van der Waals surface area contributed by atoms with Gasteiger partial charge in [0.25, 0.3) is 11.8 Å². The molecule has 2 aromatic heterocycles. The van der Waals surface area contributed by atoms with E-state index < -0.39 is 43.6 Å². The number of aromatic nitrogens is 2. The Morgan fingerprint density at radius 2 is 1.33 bits per heavy atom. The maximum absolute atomic E-state index is 12.4. The zero-order valence-corrected chi connectivity index (χ0v) is 25.2. The van der Waals surface area contributed by atoms with Gasteiger partial charge in [-0.2, -0.15) is 26.3 Å². The standard InChI is InChI=1S/C19H22F3N3O.C12H16F3N3O.CH4/c1-24-12-16(18(26)23-9-8-19(20,21)22)15-13-25(10-7-17(15)24)11-14-5-3-2-4-6-14;1-18-7-9(8-6-16-4-2-10(8)18)11(19)17-5-3-12(13,14)15;/h2-6,12H,7-11,13H2,1H3,(H,23,26);7,16H,2-6H2,1H3,(H,17,19);1H4. The summed E-state index contributed by atoms with van der Waals surface area (Å²) in [6, 6.07) is 10.1. The SMILES string of the molecule is C.Cn1cc(C(=O)NCCC(F)(F)F)c2c1CCN(Cc1ccccc1)C2.Cn1cc(C(=O)NCCC(F)(F)F)c2c1CCNC2. The highest BCUT2D eigenvalue weighted by molar-refractivity contribution is 5.96. The summed E-state index contributed by atoms with van der Waals surface area (Å²) in [5.74, 6) is -0.877. The van der Waals surface area contributed by atoms with Gasteiger partial charge in [-0.15, -0.1) is 0 Å². The summed E-state index contributed by atoms with van der Waals surface area (Å²) < 4.78 is 76.7. The first-order chi connectivity index (χ1) is 21.2. The quantitative estimate of drug-likeness (QED) is 0.289. The number of nitrogens with one attached hydrogen (secondary N) is 3. The Morgan fingerprint density at radius 3 is 1.87 bits per heavy atom. The van der Waals surface area contributed by atoms with Crippen molar-refractivity contribution in [1.82, 2.24) is 30.0 Å². The van der Waals surface area contributed by atoms with Crippen LogP contribution in [0.5, 0.6) is 0 Å². The Bertz CT molecular complexity index is 1460. The highest BCUT2D eigenvalue weighted by atomic mass is 19.4. The molecule has 14 heteroatoms. The average molecular weight is 657 g/mol. The summed E-state index contributed by atoms with van der Waals surface area (Å²) in [6.07, 6.45) is -5.50. The lowest BCUT2D eigenvalue weighted by molar-refractivity contribution is -0.134. The Morgan fingerprint density at radius 1 is 0.804 bits per heavy atom. The third kappa shape index (κ3) is 10.1. The lowest BCUT2D eigenvalue weighted by Crippen LogP contribution is -2.33. The minimum absolute atomic E-state index is 0. The molecule has 1 aromatic carbocycles. The molecule has 3 aromatic rings. The summed E-state index contributed by atoms with van der Waals surface area (Å²) in [5.41, 5.74) is 6.09. The number of carbonyl (C=O) groups excluding carboxylic acids is 2. The second-order valence-corrected chi connectivity index (χ2v) is 11.3. The molecule has 0 fully saturated rings. The molecule has 0 radical (unpaired) electrons. The van der Waals surface area contributed by atoms with E-state index in [1.54, 1.807) is 12.4 Å². The van der Waals surface area contributed by atoms with Gasteiger partial charge in [-0.3, -0.25) is 14.5 Å². The first-order valence-corrected chi connectivity index (χ1v) is 14.7. The van der Waals surface area contributed by atoms with E-state index in [-0.39, 0.29) is 14.0 Å². The molecular formula is C32H42F6N6O2. The number of hydrogen-bond acceptors (Lipinski definition) is 4. The molecular weight excluding hydrogens is 614 g/mol. The molecule has 0 saturated carbocycles. The van der Waals surface area contributed by atoms with Crippen molar-refractivity contribution in [3.8, 4) is 0 Å². The second-order valence-electron chi connectivity index (χ2n) is 11.3. The van der Waals surface area contributed by atoms with Crippen molar-refractivity contribution in [1.29, 1.82) is 0 Å². The minimum atomic E-state index is -4.27. The number of hydrogen-bond donors (Lipinski definition) is 3. The number of rotatable bonds is 8. The highest BCUT2D eigenvalue weighted by Crippen LogP contribution is 2.26. The van der Waals surface area contributed by atoms with Crippen molar-refractivity contribution in [3.05, 3.63) is 81.9 Å². The number of alkyl halides is 6. The van der Waals surface area contributed by atoms with Crippen molar-refractivity contribution in [2.45, 2.75) is 65.1 Å². The number of fused-ring (bicyclic) bond motifs is 2. The summed E-state index contributed by atoms with van der Waals surface area (Å²) in [4.78, 5) is 26.5. The van der Waals surface area contributed by atoms with Crippen molar-refractivity contribution >= 4 is 11.8 Å². The number of halogens is 6. The van der Waals surface area contributed by atoms with Crippen LogP contribution in [0.15, 0.2) is 42.7 Å². The molecule has 0 aliphatic carbocycles. The normalized spacial score (nSPS) is 14.7. The largest absolute Gasteiger partial charge is 0.390 e. The Hall–Kier alpha value is -3.78. The Kier molecular flexibility index (Phi) is 12.5. The fraction of sp³-hybridized carbons (Fsp3) is 0.500. The number of aryl methyl sites for hydroxylation is 2. The van der Waals surface area contributed by atoms with Gasteiger partial charge in [-0.05, 0) is 16.7 Å². The lowest BCUT2D eigenvalue weighted by atomic mass is 10.0. The Labute approximate surface area is 265 Å². The fourth-order valence-electron chi connectivity index (χ4n) is 5.64. The first kappa shape index (κ1) is 36.7. The monoisotopic (exact) mass is 656 g/mol. The van der Waals surface area contributed by atoms with E-state index in [2.05, 4.69) is 33.0 Å². The topological polar surface area (TPSA) is 83.3 Å². The number of carbonyl (C=O) groups is 2. The molecule has 2 aliphatic heterocycles. The summed E-state index contributed by atoms with van der Waals surface area (Å²) in [5, 5.41) is 7.87. The van der Waals surface area contributed by atoms with E-state index in [0.717, 1.165) is 55.0 Å². The molecule has 46 heavy (non-hydrogen) atoms. The van der Waals surface area contributed by atoms with Crippen LogP contribution in [-0.2, 0) is 46.6 Å². The van der Waals surface area contributed by atoms with Gasteiger partial charge in [0.1, 0.15) is 0 Å². The second kappa shape index (κ2) is 15.7. The first-order valence-electron chi connectivity index (χ1n) is 14.7. The van der Waals surface area contributed by atoms with Crippen LogP contribution in [0.25, 0.3) is 0 Å². The van der Waals surface area contributed by atoms with Crippen molar-refractivity contribution in [2.75, 3.05) is 26.2 Å². The number of nitrogens with zero attached hydrogens (tertiary/aromatic N) is 3. The van der Waals surface area contributed by atoms with Crippen LogP contribution in [-0.4, -0.2) is 64.4 Å². The molecule has 3 N–H and O–H groups in total. The van der Waals surface area contributed by atoms with Crippen LogP contribution in [0.1, 0.15) is 69.1 Å². The van der Waals surface area contributed by atoms with Crippen molar-refractivity contribution in [2.24, 2.45) is 14.1 Å². The van der Waals surface area contributed by atoms with E-state index in [1.807, 2.05) is 41.4 Å². The van der Waals surface area contributed by atoms with Crippen LogP contribution < -0.4 is 16.0 Å². The zero-order chi connectivity index (χ0) is 32.8. The van der Waals surface area contributed by atoms with Crippen LogP contribution in [0.2, 0.25) is 0 Å². The molecule has 0 spiro atoms. The number of amides is 2. The van der Waals surface area contributed by atoms with E-state index in [1.165, 1.54) is 5.56 Å². The van der Waals surface area contributed by atoms with Gasteiger partial charge >= 0.3 is 12.4 Å². The zero-order valence-electron chi connectivity index (χ0n) is 25.2. The van der Waals surface area contributed by atoms with Gasteiger partial charge in [0.2, 0.25) is 0 Å². The predicted molar refractivity (Wildman–Crippen MR) is 163 cm³/mol. The van der Waals surface area contributed by atoms with Gasteiger partial charge in [0.15, 0.2) is 0 Å². The van der Waals surface area contributed by atoms with Crippen LogP contribution in [0.4, 0.5) is 26.3 Å². The minimum Gasteiger partial charge on any atom is -0.353 e. The van der Waals surface area contributed by atoms with Gasteiger partial charge in [-0.1, -0.05) is 37.8 Å². The van der Waals surface area contributed by atoms with E-state index in [0.29, 0.717) is 24.2 Å².